The first-order valence-electron chi connectivity index (χ1n) is 14.0. The number of carbonyl (C=O) groups excluding carboxylic acids is 1. The minimum absolute atomic E-state index is 0.203. The summed E-state index contributed by atoms with van der Waals surface area (Å²) in [5.74, 6) is 1.05. The van der Waals surface area contributed by atoms with Crippen LogP contribution >= 0.6 is 0 Å². The van der Waals surface area contributed by atoms with Crippen molar-refractivity contribution >= 4 is 39.3 Å². The minimum atomic E-state index is -0.459. The molecule has 4 heterocycles. The highest BCUT2D eigenvalue weighted by atomic mass is 16.6. The maximum absolute atomic E-state index is 12.4. The number of nitrogens with one attached hydrogen (secondary N) is 4. The topological polar surface area (TPSA) is 85.2 Å². The third-order valence-electron chi connectivity index (χ3n) is 8.08. The van der Waals surface area contributed by atoms with Crippen molar-refractivity contribution in [1.29, 1.82) is 0 Å². The molecular formula is C31H39N5O2. The lowest BCUT2D eigenvalue weighted by Crippen LogP contribution is -2.41. The number of ether oxygens (including phenoxy) is 1. The van der Waals surface area contributed by atoms with Gasteiger partial charge >= 0.3 is 6.09 Å². The van der Waals surface area contributed by atoms with Crippen LogP contribution in [0.4, 0.5) is 16.2 Å². The minimum Gasteiger partial charge on any atom is -0.444 e. The number of likely N-dealkylation sites (tertiary alicyclic amines) is 1. The standard InChI is InChI=1S/C31H39N5O2/c1-31(2,3)38-30(37)36-14-10-21(11-15-36)26-18-34-29-17-23(4-6-24(26)29)35-22-5-7-28-25(16-22)27(19-33-28)20-8-12-32-13-9-20/h4-7,16-21,32-35H,8-15H2,1-3H3. The average molecular weight is 514 g/mol. The van der Waals surface area contributed by atoms with E-state index in [9.17, 15) is 4.79 Å². The van der Waals surface area contributed by atoms with Crippen LogP contribution in [0, 0.1) is 0 Å². The van der Waals surface area contributed by atoms with Crippen LogP contribution in [0.15, 0.2) is 48.8 Å². The van der Waals surface area contributed by atoms with E-state index < -0.39 is 5.60 Å². The molecule has 200 valence electrons. The number of H-pyrrole nitrogens is 2. The van der Waals surface area contributed by atoms with E-state index in [0.717, 1.165) is 55.9 Å². The molecule has 0 unspecified atom stereocenters. The predicted octanol–water partition coefficient (Wildman–Crippen LogP) is 6.97. The van der Waals surface area contributed by atoms with Gasteiger partial charge in [-0.05, 0) is 113 Å². The van der Waals surface area contributed by atoms with Crippen molar-refractivity contribution in [2.45, 2.75) is 63.9 Å². The van der Waals surface area contributed by atoms with Gasteiger partial charge in [0.05, 0.1) is 0 Å². The van der Waals surface area contributed by atoms with Gasteiger partial charge in [0.2, 0.25) is 0 Å². The first kappa shape index (κ1) is 24.9. The van der Waals surface area contributed by atoms with E-state index in [2.05, 4.69) is 69.4 Å². The molecule has 2 aliphatic heterocycles. The molecule has 0 bridgehead atoms. The number of fused-ring (bicyclic) bond motifs is 2. The number of amides is 1. The summed E-state index contributed by atoms with van der Waals surface area (Å²) >= 11 is 0. The number of anilines is 2. The number of carbonyl (C=O) groups is 1. The molecule has 7 nitrogen and oxygen atoms in total. The second-order valence-electron chi connectivity index (χ2n) is 11.9. The Morgan fingerprint density at radius 2 is 1.47 bits per heavy atom. The smallest absolute Gasteiger partial charge is 0.410 e. The number of aromatic amines is 2. The Labute approximate surface area is 224 Å². The zero-order valence-corrected chi connectivity index (χ0v) is 22.7. The van der Waals surface area contributed by atoms with Gasteiger partial charge in [-0.25, -0.2) is 4.79 Å². The Bertz CT molecular complexity index is 1430. The normalized spacial score (nSPS) is 17.8. The van der Waals surface area contributed by atoms with Crippen LogP contribution in [0.3, 0.4) is 0 Å². The summed E-state index contributed by atoms with van der Waals surface area (Å²) in [7, 11) is 0. The Morgan fingerprint density at radius 3 is 2.21 bits per heavy atom. The summed E-state index contributed by atoms with van der Waals surface area (Å²) < 4.78 is 5.56. The van der Waals surface area contributed by atoms with Gasteiger partial charge in [0.1, 0.15) is 5.60 Å². The largest absolute Gasteiger partial charge is 0.444 e. The Hall–Kier alpha value is -3.45. The molecule has 2 aliphatic rings. The van der Waals surface area contributed by atoms with E-state index in [1.807, 2.05) is 25.7 Å². The lowest BCUT2D eigenvalue weighted by molar-refractivity contribution is 0.0205. The fourth-order valence-electron chi connectivity index (χ4n) is 6.12. The lowest BCUT2D eigenvalue weighted by Gasteiger charge is -2.33. The number of hydrogen-bond acceptors (Lipinski definition) is 4. The first-order valence-corrected chi connectivity index (χ1v) is 14.0. The molecule has 2 fully saturated rings. The van der Waals surface area contributed by atoms with Crippen molar-refractivity contribution in [3.05, 3.63) is 59.9 Å². The fraction of sp³-hybridized carbons (Fsp3) is 0.452. The summed E-state index contributed by atoms with van der Waals surface area (Å²) in [5.41, 5.74) is 6.84. The maximum Gasteiger partial charge on any atom is 0.410 e. The van der Waals surface area contributed by atoms with Crippen LogP contribution in [-0.2, 0) is 4.74 Å². The van der Waals surface area contributed by atoms with Gasteiger partial charge in [-0.15, -0.1) is 0 Å². The van der Waals surface area contributed by atoms with Gasteiger partial charge < -0.3 is 30.2 Å². The van der Waals surface area contributed by atoms with Gasteiger partial charge in [0.25, 0.3) is 0 Å². The average Bonchev–Trinajstić information content (AvgIpc) is 3.52. The van der Waals surface area contributed by atoms with E-state index >= 15 is 0 Å². The van der Waals surface area contributed by atoms with Gasteiger partial charge in [0, 0.05) is 58.7 Å². The van der Waals surface area contributed by atoms with Gasteiger partial charge in [-0.3, -0.25) is 0 Å². The molecular weight excluding hydrogens is 474 g/mol. The van der Waals surface area contributed by atoms with Crippen molar-refractivity contribution in [1.82, 2.24) is 20.2 Å². The molecule has 7 heteroatoms. The van der Waals surface area contributed by atoms with Gasteiger partial charge in [-0.2, -0.15) is 0 Å². The van der Waals surface area contributed by atoms with Crippen LogP contribution in [0.1, 0.15) is 69.4 Å². The Balaban J connectivity index is 1.15. The van der Waals surface area contributed by atoms with Gasteiger partial charge in [0.15, 0.2) is 0 Å². The first-order chi connectivity index (χ1) is 18.3. The molecule has 38 heavy (non-hydrogen) atoms. The van der Waals surface area contributed by atoms with E-state index in [0.29, 0.717) is 11.8 Å². The number of hydrogen-bond donors (Lipinski definition) is 4. The maximum atomic E-state index is 12.4. The number of piperidine rings is 2. The van der Waals surface area contributed by atoms with Crippen molar-refractivity contribution < 1.29 is 9.53 Å². The number of aromatic nitrogens is 2. The van der Waals surface area contributed by atoms with Crippen LogP contribution < -0.4 is 10.6 Å². The van der Waals surface area contributed by atoms with Crippen molar-refractivity contribution in [2.75, 3.05) is 31.5 Å². The molecule has 2 saturated heterocycles. The fourth-order valence-corrected chi connectivity index (χ4v) is 6.12. The lowest BCUT2D eigenvalue weighted by atomic mass is 9.89. The van der Waals surface area contributed by atoms with Crippen molar-refractivity contribution in [3.63, 3.8) is 0 Å². The van der Waals surface area contributed by atoms with Crippen LogP contribution in [0.25, 0.3) is 21.8 Å². The summed E-state index contributed by atoms with van der Waals surface area (Å²) in [6, 6.07) is 13.2. The van der Waals surface area contributed by atoms with Crippen molar-refractivity contribution in [3.8, 4) is 0 Å². The van der Waals surface area contributed by atoms with E-state index in [4.69, 9.17) is 4.74 Å². The molecule has 0 radical (unpaired) electrons. The summed E-state index contributed by atoms with van der Waals surface area (Å²) in [4.78, 5) is 21.3. The molecule has 0 saturated carbocycles. The van der Waals surface area contributed by atoms with Crippen LogP contribution in [0.2, 0.25) is 0 Å². The molecule has 0 atom stereocenters. The summed E-state index contributed by atoms with van der Waals surface area (Å²) in [6.07, 6.45) is 8.43. The Kier molecular flexibility index (Phi) is 6.56. The molecule has 2 aromatic carbocycles. The molecule has 2 aromatic heterocycles. The summed E-state index contributed by atoms with van der Waals surface area (Å²) in [6.45, 7) is 9.39. The second kappa shape index (κ2) is 10.0. The van der Waals surface area contributed by atoms with Crippen LogP contribution in [0.5, 0.6) is 0 Å². The summed E-state index contributed by atoms with van der Waals surface area (Å²) in [5, 5.41) is 9.69. The SMILES string of the molecule is CC(C)(C)OC(=O)N1CCC(c2c[nH]c3cc(Nc4ccc5[nH]cc(C6CCNCC6)c5c4)ccc23)CC1. The number of benzene rings is 2. The van der Waals surface area contributed by atoms with E-state index in [1.165, 1.54) is 40.3 Å². The number of nitrogens with zero attached hydrogens (tertiary/aromatic N) is 1. The molecule has 1 amide bonds. The highest BCUT2D eigenvalue weighted by Crippen LogP contribution is 2.36. The zero-order valence-electron chi connectivity index (χ0n) is 22.7. The second-order valence-corrected chi connectivity index (χ2v) is 11.9. The highest BCUT2D eigenvalue weighted by molar-refractivity contribution is 5.90. The zero-order chi connectivity index (χ0) is 26.3. The molecule has 0 spiro atoms. The molecule has 0 aliphatic carbocycles. The van der Waals surface area contributed by atoms with Crippen molar-refractivity contribution in [2.24, 2.45) is 0 Å². The quantitative estimate of drug-likeness (QED) is 0.237. The third kappa shape index (κ3) is 5.12. The Morgan fingerprint density at radius 1 is 0.842 bits per heavy atom. The monoisotopic (exact) mass is 513 g/mol. The van der Waals surface area contributed by atoms with Gasteiger partial charge in [-0.1, -0.05) is 6.07 Å². The molecule has 4 aromatic rings. The van der Waals surface area contributed by atoms with Crippen LogP contribution in [-0.4, -0.2) is 52.7 Å². The third-order valence-corrected chi connectivity index (χ3v) is 8.08. The molecule has 4 N–H and O–H groups in total. The highest BCUT2D eigenvalue weighted by Gasteiger charge is 2.28. The molecule has 6 rings (SSSR count). The predicted molar refractivity (Wildman–Crippen MR) is 155 cm³/mol. The number of rotatable bonds is 4. The van der Waals surface area contributed by atoms with E-state index in [1.54, 1.807) is 0 Å². The van der Waals surface area contributed by atoms with E-state index in [-0.39, 0.29) is 6.09 Å².